The van der Waals surface area contributed by atoms with Gasteiger partial charge in [0.2, 0.25) is 0 Å². The molecule has 0 aromatic carbocycles. The summed E-state index contributed by atoms with van der Waals surface area (Å²) in [6, 6.07) is 0. The Morgan fingerprint density at radius 3 is 2.42 bits per heavy atom. The maximum atomic E-state index is 11.5. The first-order valence-electron chi connectivity index (χ1n) is 8.78. The Morgan fingerprint density at radius 2 is 1.84 bits per heavy atom. The molecule has 4 atom stereocenters. The quantitative estimate of drug-likeness (QED) is 0.237. The summed E-state index contributed by atoms with van der Waals surface area (Å²) in [5, 5.41) is 48.1. The number of rotatable bonds is 8. The molecule has 0 unspecified atom stereocenters. The number of nitrogens with zero attached hydrogens (tertiary/aromatic N) is 4. The Labute approximate surface area is 172 Å². The summed E-state index contributed by atoms with van der Waals surface area (Å²) in [5.41, 5.74) is 3.09. The van der Waals surface area contributed by atoms with Crippen LogP contribution in [0.1, 0.15) is 18.5 Å². The van der Waals surface area contributed by atoms with Crippen LogP contribution in [0, 0.1) is 6.92 Å². The van der Waals surface area contributed by atoms with Crippen LogP contribution in [0.4, 0.5) is 5.82 Å². The summed E-state index contributed by atoms with van der Waals surface area (Å²) in [6.07, 6.45) is -6.00. The Kier molecular flexibility index (Phi) is 5.77. The summed E-state index contributed by atoms with van der Waals surface area (Å²) >= 11 is 0. The van der Waals surface area contributed by atoms with E-state index >= 15 is 0 Å². The molecule has 0 amide bonds. The molecule has 1 aliphatic heterocycles. The molecule has 168 valence electrons. The van der Waals surface area contributed by atoms with Gasteiger partial charge in [-0.3, -0.25) is 9.36 Å². The number of nitrogens with two attached hydrogens (primary N) is 1. The van der Waals surface area contributed by atoms with Gasteiger partial charge >= 0.3 is 17.9 Å². The topological polar surface area (TPSA) is 240 Å². The SMILES string of the molecule is Cc1nc(N)c2ncn([C@@H]3O[C@H](COC(CC(=O)O)(C(=O)O)C(=O)O)[C@@H](O)[C@H]3O)c2n1. The number of aryl methyl sites for hydroxylation is 1. The largest absolute Gasteiger partial charge is 0.481 e. The second kappa shape index (κ2) is 8.03. The molecule has 0 saturated carbocycles. The van der Waals surface area contributed by atoms with Crippen LogP contribution in [0.2, 0.25) is 0 Å². The molecule has 0 radical (unpaired) electrons. The summed E-state index contributed by atoms with van der Waals surface area (Å²) in [7, 11) is 0. The first-order valence-corrected chi connectivity index (χ1v) is 8.78. The number of anilines is 1. The molecule has 15 heteroatoms. The fraction of sp³-hybridized carbons (Fsp3) is 0.500. The lowest BCUT2D eigenvalue weighted by Gasteiger charge is -2.25. The molecule has 0 aliphatic carbocycles. The first kappa shape index (κ1) is 22.3. The second-order valence-corrected chi connectivity index (χ2v) is 6.85. The van der Waals surface area contributed by atoms with Crippen LogP contribution in [-0.4, -0.2) is 93.5 Å². The highest BCUT2D eigenvalue weighted by Crippen LogP contribution is 2.33. The molecule has 7 N–H and O–H groups in total. The standard InChI is InChI=1S/C16H19N5O10/c1-5-19-11(17)8-12(20-5)21(4-18-8)13-10(25)9(24)6(31-13)3-30-16(14(26)27,15(28)29)2-7(22)23/h4,6,9-10,13,24-25H,2-3H2,1H3,(H,22,23)(H,26,27)(H,28,29)(H2,17,19,20)/t6-,9-,10-,13-/m1/s1. The number of aliphatic carboxylic acids is 3. The minimum absolute atomic E-state index is 0.0792. The van der Waals surface area contributed by atoms with Crippen molar-refractivity contribution in [1.29, 1.82) is 0 Å². The van der Waals surface area contributed by atoms with E-state index in [1.165, 1.54) is 10.9 Å². The van der Waals surface area contributed by atoms with E-state index in [4.69, 9.17) is 20.3 Å². The lowest BCUT2D eigenvalue weighted by atomic mass is 9.99. The maximum absolute atomic E-state index is 11.5. The van der Waals surface area contributed by atoms with Crippen molar-refractivity contribution in [1.82, 2.24) is 19.5 Å². The molecule has 3 rings (SSSR count). The Bertz CT molecular complexity index is 1030. The Balaban J connectivity index is 1.85. The molecule has 2 aromatic heterocycles. The van der Waals surface area contributed by atoms with E-state index in [2.05, 4.69) is 15.0 Å². The van der Waals surface area contributed by atoms with E-state index in [1.807, 2.05) is 0 Å². The normalized spacial score (nSPS) is 23.8. The number of carboxylic acid groups (broad SMARTS) is 3. The molecule has 1 fully saturated rings. The monoisotopic (exact) mass is 441 g/mol. The van der Waals surface area contributed by atoms with Gasteiger partial charge in [0.15, 0.2) is 17.7 Å². The van der Waals surface area contributed by atoms with Gasteiger partial charge in [0.05, 0.1) is 19.4 Å². The number of ether oxygens (including phenoxy) is 2. The zero-order chi connectivity index (χ0) is 23.1. The number of imidazole rings is 1. The molecule has 2 aromatic rings. The van der Waals surface area contributed by atoms with E-state index in [1.54, 1.807) is 6.92 Å². The molecule has 1 saturated heterocycles. The van der Waals surface area contributed by atoms with Crippen molar-refractivity contribution in [2.24, 2.45) is 0 Å². The highest BCUT2D eigenvalue weighted by atomic mass is 16.6. The zero-order valence-electron chi connectivity index (χ0n) is 15.9. The van der Waals surface area contributed by atoms with E-state index in [9.17, 15) is 34.8 Å². The van der Waals surface area contributed by atoms with Crippen molar-refractivity contribution in [2.45, 2.75) is 43.5 Å². The van der Waals surface area contributed by atoms with Crippen molar-refractivity contribution in [3.05, 3.63) is 12.2 Å². The van der Waals surface area contributed by atoms with Crippen LogP contribution >= 0.6 is 0 Å². The van der Waals surface area contributed by atoms with Crippen LogP contribution in [0.5, 0.6) is 0 Å². The Hall–Kier alpha value is -3.40. The second-order valence-electron chi connectivity index (χ2n) is 6.85. The van der Waals surface area contributed by atoms with Gasteiger partial charge in [-0.15, -0.1) is 0 Å². The van der Waals surface area contributed by atoms with Gasteiger partial charge in [0.25, 0.3) is 5.60 Å². The third-order valence-electron chi connectivity index (χ3n) is 4.76. The highest BCUT2D eigenvalue weighted by Gasteiger charge is 2.52. The highest BCUT2D eigenvalue weighted by molar-refractivity contribution is 6.04. The summed E-state index contributed by atoms with van der Waals surface area (Å²) in [4.78, 5) is 46.0. The summed E-state index contributed by atoms with van der Waals surface area (Å²) < 4.78 is 11.7. The number of carboxylic acids is 3. The number of fused-ring (bicyclic) bond motifs is 1. The van der Waals surface area contributed by atoms with Crippen LogP contribution in [0.3, 0.4) is 0 Å². The number of aliphatic hydroxyl groups excluding tert-OH is 2. The minimum atomic E-state index is -3.11. The summed E-state index contributed by atoms with van der Waals surface area (Å²) in [5.74, 6) is -5.44. The first-order chi connectivity index (χ1) is 14.5. The van der Waals surface area contributed by atoms with Crippen LogP contribution < -0.4 is 5.73 Å². The van der Waals surface area contributed by atoms with Crippen molar-refractivity contribution in [3.63, 3.8) is 0 Å². The van der Waals surface area contributed by atoms with Crippen molar-refractivity contribution >= 4 is 34.9 Å². The van der Waals surface area contributed by atoms with Crippen molar-refractivity contribution in [2.75, 3.05) is 12.3 Å². The molecule has 3 heterocycles. The average Bonchev–Trinajstić information content (AvgIpc) is 3.20. The smallest absolute Gasteiger partial charge is 0.348 e. The molecular weight excluding hydrogens is 422 g/mol. The van der Waals surface area contributed by atoms with Crippen molar-refractivity contribution < 1.29 is 49.4 Å². The summed E-state index contributed by atoms with van der Waals surface area (Å²) in [6.45, 7) is 0.730. The predicted octanol–water partition coefficient (Wildman–Crippen LogP) is -2.26. The number of carbonyl (C=O) groups is 3. The fourth-order valence-corrected chi connectivity index (χ4v) is 3.19. The molecule has 31 heavy (non-hydrogen) atoms. The number of aliphatic hydroxyl groups is 2. The molecule has 15 nitrogen and oxygen atoms in total. The Morgan fingerprint density at radius 1 is 1.19 bits per heavy atom. The average molecular weight is 441 g/mol. The van der Waals surface area contributed by atoms with Gasteiger partial charge in [-0.1, -0.05) is 0 Å². The van der Waals surface area contributed by atoms with Gasteiger partial charge in [0, 0.05) is 0 Å². The van der Waals surface area contributed by atoms with Crippen molar-refractivity contribution in [3.8, 4) is 0 Å². The van der Waals surface area contributed by atoms with E-state index in [0.29, 0.717) is 5.82 Å². The number of hydrogen-bond donors (Lipinski definition) is 6. The molecule has 0 spiro atoms. The lowest BCUT2D eigenvalue weighted by molar-refractivity contribution is -0.194. The fourth-order valence-electron chi connectivity index (χ4n) is 3.19. The number of hydrogen-bond acceptors (Lipinski definition) is 11. The van der Waals surface area contributed by atoms with Crippen LogP contribution in [-0.2, 0) is 23.9 Å². The van der Waals surface area contributed by atoms with Gasteiger partial charge in [-0.25, -0.2) is 24.5 Å². The molecule has 1 aliphatic rings. The third-order valence-corrected chi connectivity index (χ3v) is 4.76. The van der Waals surface area contributed by atoms with Gasteiger partial charge in [0.1, 0.15) is 29.7 Å². The van der Waals surface area contributed by atoms with Crippen LogP contribution in [0.15, 0.2) is 6.33 Å². The van der Waals surface area contributed by atoms with Crippen LogP contribution in [0.25, 0.3) is 11.2 Å². The van der Waals surface area contributed by atoms with E-state index < -0.39 is 61.1 Å². The van der Waals surface area contributed by atoms with Gasteiger partial charge in [-0.2, -0.15) is 0 Å². The van der Waals surface area contributed by atoms with Gasteiger partial charge < -0.3 is 40.7 Å². The zero-order valence-corrected chi connectivity index (χ0v) is 15.9. The van der Waals surface area contributed by atoms with Gasteiger partial charge in [-0.05, 0) is 6.92 Å². The van der Waals surface area contributed by atoms with E-state index in [-0.39, 0.29) is 17.0 Å². The van der Waals surface area contributed by atoms with E-state index in [0.717, 1.165) is 0 Å². The third kappa shape index (κ3) is 3.86. The number of aromatic nitrogens is 4. The predicted molar refractivity (Wildman–Crippen MR) is 96.6 cm³/mol. The maximum Gasteiger partial charge on any atom is 0.348 e. The minimum Gasteiger partial charge on any atom is -0.481 e. The lowest BCUT2D eigenvalue weighted by Crippen LogP contribution is -2.52. The molecule has 0 bridgehead atoms. The molecular formula is C16H19N5O10. The number of nitrogen functional groups attached to an aromatic ring is 1.